The van der Waals surface area contributed by atoms with Crippen LogP contribution in [0.5, 0.6) is 0 Å². The average molecular weight is 297 g/mol. The molecule has 1 fully saturated rings. The third kappa shape index (κ3) is 2.62. The smallest absolute Gasteiger partial charge is 0.155 e. The lowest BCUT2D eigenvalue weighted by Crippen LogP contribution is -2.36. The number of sulfone groups is 1. The minimum Gasteiger partial charge on any atom is -0.380 e. The van der Waals surface area contributed by atoms with E-state index >= 15 is 0 Å². The van der Waals surface area contributed by atoms with Crippen molar-refractivity contribution in [1.82, 2.24) is 0 Å². The summed E-state index contributed by atoms with van der Waals surface area (Å²) >= 11 is 0. The summed E-state index contributed by atoms with van der Waals surface area (Å²) in [6, 6.07) is 7.92. The number of rotatable bonds is 6. The van der Waals surface area contributed by atoms with Crippen LogP contribution in [0.1, 0.15) is 30.9 Å². The van der Waals surface area contributed by atoms with Crippen molar-refractivity contribution in [3.05, 3.63) is 35.4 Å². The van der Waals surface area contributed by atoms with Gasteiger partial charge < -0.3 is 10.5 Å². The monoisotopic (exact) mass is 297 g/mol. The SMILES string of the molecule is CCOC[C@@]1(N)[C@@H](c2ccc(C)cc2)[C@@H]1S(=O)(=O)CC. The van der Waals surface area contributed by atoms with E-state index in [0.29, 0.717) is 6.61 Å². The van der Waals surface area contributed by atoms with Crippen molar-refractivity contribution >= 4 is 9.84 Å². The largest absolute Gasteiger partial charge is 0.380 e. The zero-order chi connectivity index (χ0) is 15.0. The summed E-state index contributed by atoms with van der Waals surface area (Å²) in [5.74, 6) is -0.0509. The predicted molar refractivity (Wildman–Crippen MR) is 80.6 cm³/mol. The molecule has 2 N–H and O–H groups in total. The minimum atomic E-state index is -3.18. The van der Waals surface area contributed by atoms with Crippen molar-refractivity contribution in [3.63, 3.8) is 0 Å². The van der Waals surface area contributed by atoms with E-state index in [4.69, 9.17) is 10.5 Å². The second-order valence-electron chi connectivity index (χ2n) is 5.51. The van der Waals surface area contributed by atoms with E-state index in [1.165, 1.54) is 0 Å². The van der Waals surface area contributed by atoms with E-state index in [-0.39, 0.29) is 18.3 Å². The molecule has 1 aliphatic carbocycles. The molecule has 20 heavy (non-hydrogen) atoms. The lowest BCUT2D eigenvalue weighted by Gasteiger charge is -2.12. The first-order valence-electron chi connectivity index (χ1n) is 7.01. The molecule has 4 nitrogen and oxygen atoms in total. The second kappa shape index (κ2) is 5.47. The minimum absolute atomic E-state index is 0.116. The summed E-state index contributed by atoms with van der Waals surface area (Å²) in [6.45, 7) is 6.38. The van der Waals surface area contributed by atoms with E-state index in [9.17, 15) is 8.42 Å². The molecule has 0 aromatic heterocycles. The first-order valence-corrected chi connectivity index (χ1v) is 8.73. The number of nitrogens with two attached hydrogens (primary N) is 1. The van der Waals surface area contributed by atoms with Gasteiger partial charge in [0.1, 0.15) is 0 Å². The van der Waals surface area contributed by atoms with Crippen LogP contribution in [-0.4, -0.2) is 38.2 Å². The Hall–Kier alpha value is -0.910. The van der Waals surface area contributed by atoms with Crippen LogP contribution < -0.4 is 5.73 Å². The maximum Gasteiger partial charge on any atom is 0.155 e. The van der Waals surface area contributed by atoms with Gasteiger partial charge >= 0.3 is 0 Å². The van der Waals surface area contributed by atoms with Crippen LogP contribution in [0.15, 0.2) is 24.3 Å². The van der Waals surface area contributed by atoms with Crippen LogP contribution in [0.3, 0.4) is 0 Å². The predicted octanol–water partition coefficient (Wildman–Crippen LogP) is 1.63. The van der Waals surface area contributed by atoms with Gasteiger partial charge in [0.2, 0.25) is 0 Å². The highest BCUT2D eigenvalue weighted by molar-refractivity contribution is 7.92. The maximum absolute atomic E-state index is 12.3. The Balaban J connectivity index is 2.32. The zero-order valence-electron chi connectivity index (χ0n) is 12.3. The third-order valence-corrected chi connectivity index (χ3v) is 6.37. The lowest BCUT2D eigenvalue weighted by molar-refractivity contribution is 0.125. The molecule has 0 radical (unpaired) electrons. The first kappa shape index (κ1) is 15.5. The molecule has 1 aromatic carbocycles. The third-order valence-electron chi connectivity index (χ3n) is 4.08. The number of benzene rings is 1. The molecule has 0 aliphatic heterocycles. The van der Waals surface area contributed by atoms with Crippen molar-refractivity contribution in [2.75, 3.05) is 19.0 Å². The highest BCUT2D eigenvalue weighted by Gasteiger charge is 2.68. The van der Waals surface area contributed by atoms with Crippen molar-refractivity contribution in [2.24, 2.45) is 5.73 Å². The van der Waals surface area contributed by atoms with E-state index in [1.54, 1.807) is 6.92 Å². The molecule has 0 saturated heterocycles. The maximum atomic E-state index is 12.3. The first-order chi connectivity index (χ1) is 9.36. The quantitative estimate of drug-likeness (QED) is 0.866. The lowest BCUT2D eigenvalue weighted by atomic mass is 10.1. The molecule has 2 rings (SSSR count). The normalized spacial score (nSPS) is 29.4. The zero-order valence-corrected chi connectivity index (χ0v) is 13.1. The summed E-state index contributed by atoms with van der Waals surface area (Å²) in [7, 11) is -3.18. The Labute approximate surface area is 121 Å². The molecule has 0 bridgehead atoms. The fraction of sp³-hybridized carbons (Fsp3) is 0.600. The number of hydrogen-bond donors (Lipinski definition) is 1. The highest BCUT2D eigenvalue weighted by atomic mass is 32.2. The van der Waals surface area contributed by atoms with E-state index < -0.39 is 20.6 Å². The summed E-state index contributed by atoms with van der Waals surface area (Å²) in [5, 5.41) is -0.533. The molecule has 0 amide bonds. The molecule has 0 unspecified atom stereocenters. The summed E-state index contributed by atoms with van der Waals surface area (Å²) in [5.41, 5.74) is 7.69. The van der Waals surface area contributed by atoms with Gasteiger partial charge in [0.15, 0.2) is 9.84 Å². The highest BCUT2D eigenvalue weighted by Crippen LogP contribution is 2.54. The van der Waals surface area contributed by atoms with E-state index in [2.05, 4.69) is 0 Å². The fourth-order valence-corrected chi connectivity index (χ4v) is 4.84. The molecule has 3 atom stereocenters. The molecule has 1 saturated carbocycles. The van der Waals surface area contributed by atoms with Crippen LogP contribution in [0.2, 0.25) is 0 Å². The van der Waals surface area contributed by atoms with Gasteiger partial charge in [0.25, 0.3) is 0 Å². The average Bonchev–Trinajstić information content (AvgIpc) is 3.05. The Bertz CT molecular complexity index is 567. The van der Waals surface area contributed by atoms with Crippen LogP contribution in [0.4, 0.5) is 0 Å². The molecule has 0 heterocycles. The number of ether oxygens (including phenoxy) is 1. The Morgan fingerprint density at radius 2 is 1.85 bits per heavy atom. The van der Waals surface area contributed by atoms with E-state index in [1.807, 2.05) is 38.1 Å². The van der Waals surface area contributed by atoms with Gasteiger partial charge in [-0.2, -0.15) is 0 Å². The van der Waals surface area contributed by atoms with Gasteiger partial charge in [0, 0.05) is 18.3 Å². The topological polar surface area (TPSA) is 69.4 Å². The number of aryl methyl sites for hydroxylation is 1. The Kier molecular flexibility index (Phi) is 4.23. The molecular formula is C15H23NO3S. The van der Waals surface area contributed by atoms with Gasteiger partial charge in [-0.15, -0.1) is 0 Å². The fourth-order valence-electron chi connectivity index (χ4n) is 2.85. The Morgan fingerprint density at radius 1 is 1.25 bits per heavy atom. The summed E-state index contributed by atoms with van der Waals surface area (Å²) in [4.78, 5) is 0. The Morgan fingerprint density at radius 3 is 2.35 bits per heavy atom. The van der Waals surface area contributed by atoms with Crippen LogP contribution in [0, 0.1) is 6.92 Å². The van der Waals surface area contributed by atoms with E-state index in [0.717, 1.165) is 11.1 Å². The molecule has 1 aromatic rings. The summed E-state index contributed by atoms with van der Waals surface area (Å²) in [6.07, 6.45) is 0. The molecule has 112 valence electrons. The van der Waals surface area contributed by atoms with Crippen LogP contribution in [-0.2, 0) is 14.6 Å². The summed E-state index contributed by atoms with van der Waals surface area (Å²) < 4.78 is 29.9. The number of hydrogen-bond acceptors (Lipinski definition) is 4. The van der Waals surface area contributed by atoms with Crippen molar-refractivity contribution < 1.29 is 13.2 Å². The standard InChI is InChI=1S/C15H23NO3S/c1-4-19-10-15(16)13(14(15)20(17,18)5-2)12-8-6-11(3)7-9-12/h6-9,13-14H,4-5,10,16H2,1-3H3/t13-,14-,15+/m0/s1. The molecule has 5 heteroatoms. The van der Waals surface area contributed by atoms with Crippen molar-refractivity contribution in [3.8, 4) is 0 Å². The van der Waals surface area contributed by atoms with Gasteiger partial charge in [-0.3, -0.25) is 0 Å². The van der Waals surface area contributed by atoms with Crippen molar-refractivity contribution in [2.45, 2.75) is 37.5 Å². The van der Waals surface area contributed by atoms with Crippen LogP contribution >= 0.6 is 0 Å². The molecule has 0 spiro atoms. The van der Waals surface area contributed by atoms with Gasteiger partial charge in [-0.25, -0.2) is 8.42 Å². The van der Waals surface area contributed by atoms with Gasteiger partial charge in [0.05, 0.1) is 17.4 Å². The second-order valence-corrected chi connectivity index (χ2v) is 7.92. The van der Waals surface area contributed by atoms with Gasteiger partial charge in [-0.05, 0) is 19.4 Å². The van der Waals surface area contributed by atoms with Gasteiger partial charge in [-0.1, -0.05) is 36.8 Å². The molecule has 1 aliphatic rings. The van der Waals surface area contributed by atoms with Crippen molar-refractivity contribution in [1.29, 1.82) is 0 Å². The molecular weight excluding hydrogens is 274 g/mol. The van der Waals surface area contributed by atoms with Crippen LogP contribution in [0.25, 0.3) is 0 Å².